The number of nitrogens with zero attached hydrogens (tertiary/aromatic N) is 3. The zero-order valence-corrected chi connectivity index (χ0v) is 13.1. The summed E-state index contributed by atoms with van der Waals surface area (Å²) in [5.41, 5.74) is 3.00. The molecule has 0 atom stereocenters. The zero-order chi connectivity index (χ0) is 15.8. The van der Waals surface area contributed by atoms with Crippen LogP contribution in [-0.4, -0.2) is 40.3 Å². The van der Waals surface area contributed by atoms with E-state index in [1.54, 1.807) is 6.07 Å². The second kappa shape index (κ2) is 5.61. The predicted molar refractivity (Wildman–Crippen MR) is 83.7 cm³/mol. The van der Waals surface area contributed by atoms with Crippen molar-refractivity contribution in [2.45, 2.75) is 19.4 Å². The van der Waals surface area contributed by atoms with Crippen LogP contribution in [0.25, 0.3) is 0 Å². The summed E-state index contributed by atoms with van der Waals surface area (Å²) in [5.74, 6) is 1.39. The van der Waals surface area contributed by atoms with E-state index in [4.69, 9.17) is 9.47 Å². The quantitative estimate of drug-likeness (QED) is 0.805. The number of hydrogen-bond acceptors (Lipinski definition) is 4. The molecule has 0 spiro atoms. The number of ether oxygens (including phenoxy) is 2. The molecular weight excluding hydrogens is 294 g/mol. The minimum absolute atomic E-state index is 0.0266. The lowest BCUT2D eigenvalue weighted by Crippen LogP contribution is -2.30. The van der Waals surface area contributed by atoms with E-state index in [0.717, 1.165) is 24.9 Å². The van der Waals surface area contributed by atoms with Crippen molar-refractivity contribution in [2.24, 2.45) is 7.05 Å². The molecule has 0 saturated heterocycles. The fourth-order valence-corrected chi connectivity index (χ4v) is 3.22. The summed E-state index contributed by atoms with van der Waals surface area (Å²) in [4.78, 5) is 14.7. The Bertz CT molecular complexity index is 754. The third-order valence-corrected chi connectivity index (χ3v) is 4.43. The summed E-state index contributed by atoms with van der Waals surface area (Å²) in [6, 6.07) is 5.41. The van der Waals surface area contributed by atoms with E-state index in [1.807, 2.05) is 35.0 Å². The average Bonchev–Trinajstić information content (AvgIpc) is 2.81. The van der Waals surface area contributed by atoms with Crippen LogP contribution < -0.4 is 9.47 Å². The minimum Gasteiger partial charge on any atom is -0.486 e. The maximum absolute atomic E-state index is 12.9. The van der Waals surface area contributed by atoms with Gasteiger partial charge in [0, 0.05) is 37.0 Å². The third-order valence-electron chi connectivity index (χ3n) is 4.43. The van der Waals surface area contributed by atoms with Gasteiger partial charge in [-0.2, -0.15) is 5.10 Å². The first-order valence-corrected chi connectivity index (χ1v) is 7.91. The van der Waals surface area contributed by atoms with Gasteiger partial charge < -0.3 is 14.4 Å². The first-order chi connectivity index (χ1) is 11.2. The fourth-order valence-electron chi connectivity index (χ4n) is 3.22. The highest BCUT2D eigenvalue weighted by molar-refractivity contribution is 5.95. The summed E-state index contributed by atoms with van der Waals surface area (Å²) in [6.07, 6.45) is 3.77. The molecule has 0 unspecified atom stereocenters. The van der Waals surface area contributed by atoms with E-state index in [0.29, 0.717) is 36.8 Å². The van der Waals surface area contributed by atoms with Crippen LogP contribution in [0.3, 0.4) is 0 Å². The minimum atomic E-state index is 0.0266. The molecule has 1 amide bonds. The predicted octanol–water partition coefficient (Wildman–Crippen LogP) is 1.78. The van der Waals surface area contributed by atoms with Crippen LogP contribution in [0.5, 0.6) is 11.5 Å². The van der Waals surface area contributed by atoms with E-state index in [9.17, 15) is 4.79 Å². The molecule has 23 heavy (non-hydrogen) atoms. The first kappa shape index (κ1) is 14.1. The van der Waals surface area contributed by atoms with E-state index >= 15 is 0 Å². The Morgan fingerprint density at radius 3 is 2.91 bits per heavy atom. The molecule has 0 saturated carbocycles. The van der Waals surface area contributed by atoms with Gasteiger partial charge in [0.1, 0.15) is 13.2 Å². The van der Waals surface area contributed by atoms with Crippen LogP contribution >= 0.6 is 0 Å². The van der Waals surface area contributed by atoms with Crippen molar-refractivity contribution < 1.29 is 14.3 Å². The second-order valence-corrected chi connectivity index (χ2v) is 5.93. The van der Waals surface area contributed by atoms with Crippen molar-refractivity contribution >= 4 is 5.91 Å². The highest BCUT2D eigenvalue weighted by atomic mass is 16.6. The van der Waals surface area contributed by atoms with Crippen LogP contribution in [0.2, 0.25) is 0 Å². The molecule has 2 aromatic rings. The van der Waals surface area contributed by atoms with Crippen molar-refractivity contribution in [2.75, 3.05) is 19.8 Å². The molecule has 0 N–H and O–H groups in total. The summed E-state index contributed by atoms with van der Waals surface area (Å²) in [6.45, 7) is 2.43. The van der Waals surface area contributed by atoms with Crippen LogP contribution in [0.4, 0.5) is 0 Å². The first-order valence-electron chi connectivity index (χ1n) is 7.91. The van der Waals surface area contributed by atoms with Gasteiger partial charge in [-0.05, 0) is 31.0 Å². The van der Waals surface area contributed by atoms with Gasteiger partial charge in [-0.1, -0.05) is 0 Å². The Balaban J connectivity index is 1.59. The van der Waals surface area contributed by atoms with E-state index in [-0.39, 0.29) is 5.91 Å². The van der Waals surface area contributed by atoms with Gasteiger partial charge in [0.2, 0.25) is 0 Å². The SMILES string of the molecule is Cn1ncc2c1CCCN(C(=O)c1ccc3c(c1)OCCO3)C2. The van der Waals surface area contributed by atoms with Crippen LogP contribution in [0.1, 0.15) is 28.0 Å². The molecule has 3 heterocycles. The van der Waals surface area contributed by atoms with E-state index < -0.39 is 0 Å². The number of carbonyl (C=O) groups excluding carboxylic acids is 1. The van der Waals surface area contributed by atoms with E-state index in [2.05, 4.69) is 5.10 Å². The largest absolute Gasteiger partial charge is 0.486 e. The molecule has 120 valence electrons. The molecule has 6 nitrogen and oxygen atoms in total. The van der Waals surface area contributed by atoms with E-state index in [1.165, 1.54) is 5.69 Å². The Hall–Kier alpha value is -2.50. The summed E-state index contributed by atoms with van der Waals surface area (Å²) < 4.78 is 13.0. The number of fused-ring (bicyclic) bond motifs is 2. The summed E-state index contributed by atoms with van der Waals surface area (Å²) >= 11 is 0. The van der Waals surface area contributed by atoms with Crippen molar-refractivity contribution in [1.82, 2.24) is 14.7 Å². The number of benzene rings is 1. The molecule has 0 fully saturated rings. The van der Waals surface area contributed by atoms with Crippen molar-refractivity contribution in [3.8, 4) is 11.5 Å². The lowest BCUT2D eigenvalue weighted by atomic mass is 10.1. The monoisotopic (exact) mass is 313 g/mol. The molecule has 2 aliphatic heterocycles. The van der Waals surface area contributed by atoms with Gasteiger partial charge in [-0.15, -0.1) is 0 Å². The fraction of sp³-hybridized carbons (Fsp3) is 0.412. The Labute approximate surface area is 134 Å². The van der Waals surface area contributed by atoms with Crippen LogP contribution in [0, 0.1) is 0 Å². The van der Waals surface area contributed by atoms with Gasteiger partial charge in [0.05, 0.1) is 6.20 Å². The Morgan fingerprint density at radius 2 is 2.04 bits per heavy atom. The molecule has 0 bridgehead atoms. The second-order valence-electron chi connectivity index (χ2n) is 5.93. The normalized spacial score (nSPS) is 16.7. The molecule has 6 heteroatoms. The standard InChI is InChI=1S/C17H19N3O3/c1-19-14-3-2-6-20(11-13(14)10-18-19)17(21)12-4-5-15-16(9-12)23-8-7-22-15/h4-5,9-10H,2-3,6-8,11H2,1H3. The molecule has 0 radical (unpaired) electrons. The van der Waals surface area contributed by atoms with Crippen molar-refractivity contribution in [1.29, 1.82) is 0 Å². The van der Waals surface area contributed by atoms with Gasteiger partial charge >= 0.3 is 0 Å². The summed E-state index contributed by atoms with van der Waals surface area (Å²) in [7, 11) is 1.96. The number of aryl methyl sites for hydroxylation is 1. The lowest BCUT2D eigenvalue weighted by Gasteiger charge is -2.22. The smallest absolute Gasteiger partial charge is 0.254 e. The van der Waals surface area contributed by atoms with Crippen molar-refractivity contribution in [3.05, 3.63) is 41.2 Å². The third kappa shape index (κ3) is 2.54. The van der Waals surface area contributed by atoms with Gasteiger partial charge in [0.15, 0.2) is 11.5 Å². The topological polar surface area (TPSA) is 56.6 Å². The van der Waals surface area contributed by atoms with Crippen LogP contribution in [-0.2, 0) is 20.0 Å². The number of carbonyl (C=O) groups is 1. The highest BCUT2D eigenvalue weighted by Crippen LogP contribution is 2.31. The molecule has 1 aromatic heterocycles. The molecule has 0 aliphatic carbocycles. The zero-order valence-electron chi connectivity index (χ0n) is 13.1. The van der Waals surface area contributed by atoms with Crippen LogP contribution in [0.15, 0.2) is 24.4 Å². The molecule has 2 aliphatic rings. The number of amides is 1. The lowest BCUT2D eigenvalue weighted by molar-refractivity contribution is 0.0744. The maximum Gasteiger partial charge on any atom is 0.254 e. The molecule has 4 rings (SSSR count). The average molecular weight is 313 g/mol. The summed E-state index contributed by atoms with van der Waals surface area (Å²) in [5, 5.41) is 4.31. The number of rotatable bonds is 1. The molecular formula is C17H19N3O3. The maximum atomic E-state index is 12.9. The van der Waals surface area contributed by atoms with Gasteiger partial charge in [0.25, 0.3) is 5.91 Å². The van der Waals surface area contributed by atoms with Gasteiger partial charge in [-0.25, -0.2) is 0 Å². The number of hydrogen-bond donors (Lipinski definition) is 0. The molecule has 1 aromatic carbocycles. The van der Waals surface area contributed by atoms with Gasteiger partial charge in [-0.3, -0.25) is 9.48 Å². The number of aromatic nitrogens is 2. The van der Waals surface area contributed by atoms with Crippen molar-refractivity contribution in [3.63, 3.8) is 0 Å². The Kier molecular flexibility index (Phi) is 3.44. The highest BCUT2D eigenvalue weighted by Gasteiger charge is 2.23. The Morgan fingerprint density at radius 1 is 1.22 bits per heavy atom.